The van der Waals surface area contributed by atoms with Gasteiger partial charge in [0.15, 0.2) is 6.10 Å². The molecule has 3 aromatic rings. The van der Waals surface area contributed by atoms with Gasteiger partial charge in [-0.05, 0) is 17.7 Å². The number of non-ortho nitro benzene ring substituents is 1. The van der Waals surface area contributed by atoms with Crippen molar-refractivity contribution in [2.24, 2.45) is 0 Å². The van der Waals surface area contributed by atoms with Gasteiger partial charge in [-0.25, -0.2) is 0 Å². The molecule has 3 rings (SSSR count). The first kappa shape index (κ1) is 20.2. The largest absolute Gasteiger partial charge is 0.449 e. The van der Waals surface area contributed by atoms with Crippen molar-refractivity contribution in [2.45, 2.75) is 12.5 Å². The van der Waals surface area contributed by atoms with Crippen LogP contribution in [-0.4, -0.2) is 16.7 Å². The van der Waals surface area contributed by atoms with Crippen LogP contribution < -0.4 is 0 Å². The normalized spacial score (nSPS) is 11.5. The van der Waals surface area contributed by atoms with Crippen molar-refractivity contribution in [1.29, 1.82) is 0 Å². The first-order valence-electron chi connectivity index (χ1n) is 8.71. The summed E-state index contributed by atoms with van der Waals surface area (Å²) in [5.74, 6) is -0.979. The Balaban J connectivity index is 1.80. The van der Waals surface area contributed by atoms with Crippen LogP contribution in [0.3, 0.4) is 0 Å². The number of halogens is 1. The number of nitrogens with zero attached hydrogens (tertiary/aromatic N) is 1. The fourth-order valence-corrected chi connectivity index (χ4v) is 2.87. The highest BCUT2D eigenvalue weighted by molar-refractivity contribution is 6.30. The van der Waals surface area contributed by atoms with Gasteiger partial charge in [0.05, 0.1) is 11.3 Å². The highest BCUT2D eigenvalue weighted by Gasteiger charge is 2.26. The van der Waals surface area contributed by atoms with Gasteiger partial charge in [-0.15, -0.1) is 0 Å². The number of carbonyl (C=O) groups is 2. The summed E-state index contributed by atoms with van der Waals surface area (Å²) in [4.78, 5) is 35.7. The third-order valence-corrected chi connectivity index (χ3v) is 4.47. The Morgan fingerprint density at radius 1 is 0.931 bits per heavy atom. The summed E-state index contributed by atoms with van der Waals surface area (Å²) in [5, 5.41) is 11.2. The second-order valence-corrected chi connectivity index (χ2v) is 6.69. The Kier molecular flexibility index (Phi) is 6.36. The molecule has 29 heavy (non-hydrogen) atoms. The van der Waals surface area contributed by atoms with Crippen LogP contribution in [-0.2, 0) is 16.0 Å². The fraction of sp³-hybridized carbons (Fsp3) is 0.0909. The van der Waals surface area contributed by atoms with Gasteiger partial charge in [-0.1, -0.05) is 66.2 Å². The first-order valence-corrected chi connectivity index (χ1v) is 9.09. The smallest absolute Gasteiger partial charge is 0.311 e. The van der Waals surface area contributed by atoms with E-state index in [1.54, 1.807) is 54.6 Å². The van der Waals surface area contributed by atoms with E-state index in [1.807, 2.05) is 0 Å². The Morgan fingerprint density at radius 3 is 2.14 bits per heavy atom. The van der Waals surface area contributed by atoms with E-state index in [-0.39, 0.29) is 17.9 Å². The monoisotopic (exact) mass is 409 g/mol. The van der Waals surface area contributed by atoms with Crippen LogP contribution in [0, 0.1) is 10.1 Å². The van der Waals surface area contributed by atoms with Gasteiger partial charge in [-0.2, -0.15) is 0 Å². The maximum Gasteiger partial charge on any atom is 0.311 e. The van der Waals surface area contributed by atoms with E-state index in [2.05, 4.69) is 0 Å². The summed E-state index contributed by atoms with van der Waals surface area (Å²) in [6.07, 6.45) is -1.25. The highest BCUT2D eigenvalue weighted by atomic mass is 35.5. The molecule has 0 N–H and O–H groups in total. The number of nitro benzene ring substituents is 1. The molecule has 0 saturated carbocycles. The zero-order valence-electron chi connectivity index (χ0n) is 15.2. The molecule has 0 heterocycles. The van der Waals surface area contributed by atoms with Gasteiger partial charge in [0.1, 0.15) is 0 Å². The number of ketones is 1. The third kappa shape index (κ3) is 5.27. The number of ether oxygens (including phenoxy) is 1. The van der Waals surface area contributed by atoms with Gasteiger partial charge in [0.25, 0.3) is 5.69 Å². The molecule has 0 saturated heterocycles. The minimum absolute atomic E-state index is 0.0691. The second-order valence-electron chi connectivity index (χ2n) is 6.25. The van der Waals surface area contributed by atoms with Crippen molar-refractivity contribution >= 4 is 29.0 Å². The van der Waals surface area contributed by atoms with E-state index in [0.29, 0.717) is 21.7 Å². The quantitative estimate of drug-likeness (QED) is 0.238. The summed E-state index contributed by atoms with van der Waals surface area (Å²) in [7, 11) is 0. The van der Waals surface area contributed by atoms with Crippen LogP contribution in [0.2, 0.25) is 5.02 Å². The molecule has 6 nitrogen and oxygen atoms in total. The average molecular weight is 410 g/mol. The number of nitro groups is 1. The lowest BCUT2D eigenvalue weighted by Crippen LogP contribution is -2.21. The number of Topliss-reactive ketones (excluding diaryl/α,β-unsaturated/α-hetero) is 1. The lowest BCUT2D eigenvalue weighted by molar-refractivity contribution is -0.384. The number of hydrogen-bond acceptors (Lipinski definition) is 5. The molecule has 0 aliphatic rings. The molecule has 0 aliphatic carbocycles. The molecule has 0 fully saturated rings. The predicted octanol–water partition coefficient (Wildman–Crippen LogP) is 4.96. The van der Waals surface area contributed by atoms with Gasteiger partial charge < -0.3 is 4.74 Å². The SMILES string of the molecule is O=C(Cc1ccc([N+](=O)[O-])cc1)O[C@H](C(=O)c1ccccc1)c1ccc(Cl)cc1. The number of esters is 1. The van der Waals surface area contributed by atoms with Gasteiger partial charge in [0, 0.05) is 28.3 Å². The van der Waals surface area contributed by atoms with Crippen LogP contribution >= 0.6 is 11.6 Å². The average Bonchev–Trinajstić information content (AvgIpc) is 2.73. The number of carbonyl (C=O) groups excluding carboxylic acids is 2. The molecule has 0 amide bonds. The minimum Gasteiger partial charge on any atom is -0.449 e. The van der Waals surface area contributed by atoms with Crippen LogP contribution in [0.15, 0.2) is 78.9 Å². The maximum absolute atomic E-state index is 13.0. The van der Waals surface area contributed by atoms with Crippen LogP contribution in [0.1, 0.15) is 27.6 Å². The fourth-order valence-electron chi connectivity index (χ4n) is 2.74. The van der Waals surface area contributed by atoms with Gasteiger partial charge in [-0.3, -0.25) is 19.7 Å². The molecule has 1 atom stereocenters. The van der Waals surface area contributed by atoms with Crippen molar-refractivity contribution in [1.82, 2.24) is 0 Å². The van der Waals surface area contributed by atoms with Crippen molar-refractivity contribution in [2.75, 3.05) is 0 Å². The molecule has 7 heteroatoms. The van der Waals surface area contributed by atoms with Crippen molar-refractivity contribution in [3.8, 4) is 0 Å². The number of hydrogen-bond donors (Lipinski definition) is 0. The summed E-state index contributed by atoms with van der Waals surface area (Å²) in [5.41, 5.74) is 1.39. The maximum atomic E-state index is 13.0. The highest BCUT2D eigenvalue weighted by Crippen LogP contribution is 2.25. The summed E-state index contributed by atoms with van der Waals surface area (Å²) in [6, 6.07) is 20.6. The number of benzene rings is 3. The Bertz CT molecular complexity index is 1020. The molecule has 0 unspecified atom stereocenters. The van der Waals surface area contributed by atoms with Crippen molar-refractivity contribution in [3.63, 3.8) is 0 Å². The molecule has 0 radical (unpaired) electrons. The van der Waals surface area contributed by atoms with Crippen LogP contribution in [0.4, 0.5) is 5.69 Å². The lowest BCUT2D eigenvalue weighted by atomic mass is 9.99. The molecule has 0 aliphatic heterocycles. The van der Waals surface area contributed by atoms with E-state index in [4.69, 9.17) is 16.3 Å². The Labute approximate surface area is 171 Å². The third-order valence-electron chi connectivity index (χ3n) is 4.21. The Morgan fingerprint density at radius 2 is 1.55 bits per heavy atom. The predicted molar refractivity (Wildman–Crippen MR) is 108 cm³/mol. The Hall–Kier alpha value is -3.51. The lowest BCUT2D eigenvalue weighted by Gasteiger charge is -2.18. The summed E-state index contributed by atoms with van der Waals surface area (Å²) in [6.45, 7) is 0. The molecule has 0 bridgehead atoms. The van der Waals surface area contributed by atoms with E-state index < -0.39 is 17.0 Å². The zero-order valence-corrected chi connectivity index (χ0v) is 15.9. The number of rotatable bonds is 7. The molecular weight excluding hydrogens is 394 g/mol. The molecular formula is C22H16ClNO5. The van der Waals surface area contributed by atoms with Crippen molar-refractivity contribution in [3.05, 3.63) is 111 Å². The van der Waals surface area contributed by atoms with E-state index >= 15 is 0 Å². The topological polar surface area (TPSA) is 86.5 Å². The minimum atomic E-state index is -1.12. The standard InChI is InChI=1S/C22H16ClNO5/c23-18-10-8-17(9-11-18)22(21(26)16-4-2-1-3-5-16)29-20(25)14-15-6-12-19(13-7-15)24(27)28/h1-13,22H,14H2/t22-/m0/s1. The van der Waals surface area contributed by atoms with E-state index in [9.17, 15) is 19.7 Å². The second kappa shape index (κ2) is 9.12. The summed E-state index contributed by atoms with van der Waals surface area (Å²) >= 11 is 5.92. The van der Waals surface area contributed by atoms with Crippen molar-refractivity contribution < 1.29 is 19.2 Å². The van der Waals surface area contributed by atoms with Gasteiger partial charge >= 0.3 is 5.97 Å². The molecule has 146 valence electrons. The van der Waals surface area contributed by atoms with E-state index in [1.165, 1.54) is 24.3 Å². The molecule has 0 spiro atoms. The molecule has 0 aromatic heterocycles. The van der Waals surface area contributed by atoms with Gasteiger partial charge in [0.2, 0.25) is 5.78 Å². The zero-order chi connectivity index (χ0) is 20.8. The van der Waals surface area contributed by atoms with Crippen LogP contribution in [0.5, 0.6) is 0 Å². The summed E-state index contributed by atoms with van der Waals surface area (Å²) < 4.78 is 5.51. The molecule has 3 aromatic carbocycles. The first-order chi connectivity index (χ1) is 13.9. The van der Waals surface area contributed by atoms with E-state index in [0.717, 1.165) is 0 Å². The van der Waals surface area contributed by atoms with Crippen LogP contribution in [0.25, 0.3) is 0 Å².